The Kier molecular flexibility index (Phi) is 2.65. The van der Waals surface area contributed by atoms with Crippen LogP contribution in [0.15, 0.2) is 12.1 Å². The molecular weight excluding hydrogens is 184 g/mol. The summed E-state index contributed by atoms with van der Waals surface area (Å²) in [5.41, 5.74) is 0.954. The Morgan fingerprint density at radius 2 is 1.42 bits per heavy atom. The average molecular weight is 192 g/mol. The minimum atomic E-state index is -0.314. The largest absolute Gasteiger partial charge is 0.308 e. The van der Waals surface area contributed by atoms with Gasteiger partial charge in [-0.1, -0.05) is 0 Å². The fourth-order valence-corrected chi connectivity index (χ4v) is 1.33. The second-order valence-electron chi connectivity index (χ2n) is 2.59. The Morgan fingerprint density at radius 1 is 1.00 bits per heavy atom. The predicted octanol–water partition coefficient (Wildman–Crippen LogP) is 1.99. The molecule has 1 aromatic rings. The first-order chi connectivity index (χ1) is 5.29. The summed E-state index contributed by atoms with van der Waals surface area (Å²) in [7, 11) is 0. The van der Waals surface area contributed by atoms with Gasteiger partial charge in [0, 0.05) is 24.2 Å². The van der Waals surface area contributed by atoms with Crippen LogP contribution in [0.5, 0.6) is 0 Å². The Bertz CT molecular complexity index is 272. The van der Waals surface area contributed by atoms with Crippen LogP contribution in [0.3, 0.4) is 0 Å². The fraction of sp³-hybridized carbons (Fsp3) is 0.250. The molecule has 1 aromatic carbocycles. The van der Waals surface area contributed by atoms with E-state index in [1.165, 1.54) is 12.1 Å². The zero-order valence-corrected chi connectivity index (χ0v) is 7.05. The van der Waals surface area contributed by atoms with Crippen LogP contribution in [0.4, 0.5) is 8.78 Å². The van der Waals surface area contributed by atoms with E-state index >= 15 is 0 Å². The summed E-state index contributed by atoms with van der Waals surface area (Å²) in [6.45, 7) is 0.887. The number of halogens is 3. The molecule has 0 spiro atoms. The third-order valence-electron chi connectivity index (χ3n) is 1.92. The minimum absolute atomic E-state index is 0. The van der Waals surface area contributed by atoms with Gasteiger partial charge in [-0.25, -0.2) is 8.78 Å². The number of fused-ring (bicyclic) bond motifs is 1. The lowest BCUT2D eigenvalue weighted by molar-refractivity contribution is 0.585. The molecule has 0 saturated heterocycles. The molecule has 66 valence electrons. The fourth-order valence-electron chi connectivity index (χ4n) is 1.33. The van der Waals surface area contributed by atoms with Gasteiger partial charge in [0.2, 0.25) is 0 Å². The highest BCUT2D eigenvalue weighted by Gasteiger charge is 2.17. The summed E-state index contributed by atoms with van der Waals surface area (Å²) in [5.74, 6) is -0.627. The van der Waals surface area contributed by atoms with E-state index in [-0.39, 0.29) is 24.0 Å². The summed E-state index contributed by atoms with van der Waals surface area (Å²) < 4.78 is 25.7. The third-order valence-corrected chi connectivity index (χ3v) is 1.92. The first kappa shape index (κ1) is 9.42. The summed E-state index contributed by atoms with van der Waals surface area (Å²) in [4.78, 5) is 0. The molecule has 0 aliphatic carbocycles. The average Bonchev–Trinajstić information content (AvgIpc) is 2.45. The van der Waals surface area contributed by atoms with Gasteiger partial charge in [-0.3, -0.25) is 0 Å². The molecule has 1 N–H and O–H groups in total. The maximum atomic E-state index is 12.9. The lowest BCUT2D eigenvalue weighted by Gasteiger charge is -1.99. The van der Waals surface area contributed by atoms with Crippen molar-refractivity contribution >= 4 is 12.4 Å². The van der Waals surface area contributed by atoms with E-state index in [1.807, 2.05) is 0 Å². The number of nitrogens with one attached hydrogen (secondary N) is 1. The maximum absolute atomic E-state index is 12.9. The highest BCUT2D eigenvalue weighted by molar-refractivity contribution is 5.85. The second kappa shape index (κ2) is 3.37. The minimum Gasteiger partial charge on any atom is -0.308 e. The van der Waals surface area contributed by atoms with Gasteiger partial charge in [0.1, 0.15) is 11.6 Å². The quantitative estimate of drug-likeness (QED) is 0.662. The van der Waals surface area contributed by atoms with Crippen molar-refractivity contribution in [1.29, 1.82) is 0 Å². The van der Waals surface area contributed by atoms with Crippen molar-refractivity contribution in [3.8, 4) is 0 Å². The summed E-state index contributed by atoms with van der Waals surface area (Å²) in [6.07, 6.45) is 0. The van der Waals surface area contributed by atoms with Crippen LogP contribution in [0, 0.1) is 11.6 Å². The predicted molar refractivity (Wildman–Crippen MR) is 44.1 cm³/mol. The van der Waals surface area contributed by atoms with Gasteiger partial charge in [0.25, 0.3) is 0 Å². The van der Waals surface area contributed by atoms with E-state index in [1.54, 1.807) is 0 Å². The third kappa shape index (κ3) is 1.30. The number of hydrogen-bond acceptors (Lipinski definition) is 1. The Balaban J connectivity index is 0.000000720. The monoisotopic (exact) mass is 191 g/mol. The Labute approximate surface area is 75.2 Å². The molecule has 0 amide bonds. The van der Waals surface area contributed by atoms with Crippen molar-refractivity contribution in [2.45, 2.75) is 13.1 Å². The molecule has 1 aliphatic heterocycles. The number of benzene rings is 1. The molecule has 0 aromatic heterocycles. The van der Waals surface area contributed by atoms with Crippen LogP contribution >= 0.6 is 12.4 Å². The van der Waals surface area contributed by atoms with Crippen LogP contribution in [0.1, 0.15) is 11.1 Å². The van der Waals surface area contributed by atoms with E-state index in [0.717, 1.165) is 0 Å². The van der Waals surface area contributed by atoms with Gasteiger partial charge in [-0.15, -0.1) is 12.4 Å². The summed E-state index contributed by atoms with van der Waals surface area (Å²) >= 11 is 0. The molecule has 0 saturated carbocycles. The van der Waals surface area contributed by atoms with Crippen LogP contribution in [0.25, 0.3) is 0 Å². The smallest absolute Gasteiger partial charge is 0.128 e. The Morgan fingerprint density at radius 3 is 1.83 bits per heavy atom. The van der Waals surface area contributed by atoms with Crippen molar-refractivity contribution in [2.75, 3.05) is 0 Å². The molecular formula is C8H8ClF2N. The number of hydrogen-bond donors (Lipinski definition) is 1. The molecule has 0 unspecified atom stereocenters. The topological polar surface area (TPSA) is 12.0 Å². The van der Waals surface area contributed by atoms with Crippen LogP contribution in [-0.2, 0) is 13.1 Å². The SMILES string of the molecule is Cl.Fc1ccc(F)c2c1CNC2. The maximum Gasteiger partial charge on any atom is 0.128 e. The van der Waals surface area contributed by atoms with Gasteiger partial charge in [-0.2, -0.15) is 0 Å². The van der Waals surface area contributed by atoms with Gasteiger partial charge < -0.3 is 5.32 Å². The van der Waals surface area contributed by atoms with Crippen molar-refractivity contribution < 1.29 is 8.78 Å². The lowest BCUT2D eigenvalue weighted by Crippen LogP contribution is -2.00. The van der Waals surface area contributed by atoms with E-state index in [9.17, 15) is 8.78 Å². The molecule has 1 heterocycles. The van der Waals surface area contributed by atoms with Crippen LogP contribution in [-0.4, -0.2) is 0 Å². The zero-order chi connectivity index (χ0) is 7.84. The molecule has 0 atom stereocenters. The first-order valence-corrected chi connectivity index (χ1v) is 3.45. The second-order valence-corrected chi connectivity index (χ2v) is 2.59. The van der Waals surface area contributed by atoms with Gasteiger partial charge in [0.05, 0.1) is 0 Å². The molecule has 1 aliphatic rings. The van der Waals surface area contributed by atoms with Crippen molar-refractivity contribution in [3.63, 3.8) is 0 Å². The van der Waals surface area contributed by atoms with Gasteiger partial charge >= 0.3 is 0 Å². The van der Waals surface area contributed by atoms with Crippen molar-refractivity contribution in [2.24, 2.45) is 0 Å². The molecule has 2 rings (SSSR count). The normalized spacial score (nSPS) is 13.8. The van der Waals surface area contributed by atoms with Crippen LogP contribution in [0.2, 0.25) is 0 Å². The van der Waals surface area contributed by atoms with Crippen LogP contribution < -0.4 is 5.32 Å². The highest BCUT2D eigenvalue weighted by atomic mass is 35.5. The van der Waals surface area contributed by atoms with Crippen molar-refractivity contribution in [3.05, 3.63) is 34.9 Å². The molecule has 12 heavy (non-hydrogen) atoms. The number of rotatable bonds is 0. The van der Waals surface area contributed by atoms with E-state index < -0.39 is 0 Å². The van der Waals surface area contributed by atoms with E-state index in [4.69, 9.17) is 0 Å². The summed E-state index contributed by atoms with van der Waals surface area (Å²) in [5, 5.41) is 2.89. The molecule has 1 nitrogen and oxygen atoms in total. The zero-order valence-electron chi connectivity index (χ0n) is 6.23. The Hall–Kier alpha value is -0.670. The first-order valence-electron chi connectivity index (χ1n) is 3.45. The van der Waals surface area contributed by atoms with Crippen molar-refractivity contribution in [1.82, 2.24) is 5.32 Å². The molecule has 4 heteroatoms. The van der Waals surface area contributed by atoms with E-state index in [2.05, 4.69) is 5.32 Å². The van der Waals surface area contributed by atoms with E-state index in [0.29, 0.717) is 24.2 Å². The lowest BCUT2D eigenvalue weighted by atomic mass is 10.1. The van der Waals surface area contributed by atoms with Gasteiger partial charge in [-0.05, 0) is 12.1 Å². The standard InChI is InChI=1S/C8H7F2N.ClH/c9-7-1-2-8(10)6-4-11-3-5(6)7;/h1-2,11H,3-4H2;1H. The molecule has 0 radical (unpaired) electrons. The molecule has 0 fully saturated rings. The highest BCUT2D eigenvalue weighted by Crippen LogP contribution is 2.21. The molecule has 0 bridgehead atoms. The summed E-state index contributed by atoms with van der Waals surface area (Å²) in [6, 6.07) is 2.34. The van der Waals surface area contributed by atoms with Gasteiger partial charge in [0.15, 0.2) is 0 Å².